The van der Waals surface area contributed by atoms with Crippen LogP contribution in [-0.2, 0) is 6.61 Å². The summed E-state index contributed by atoms with van der Waals surface area (Å²) >= 11 is 1.36. The van der Waals surface area contributed by atoms with Gasteiger partial charge in [0.1, 0.15) is 18.2 Å². The standard InChI is InChI=1S/C27H17FN2O2S/c28-19-12-9-17(10-13-19)16-32-24-14-11-18-5-1-2-6-20(18)21(24)15-25-26(31)30-23-8-4-3-7-22(23)29-27(30)33-25/h1-15H,16H2/b25-15-. The summed E-state index contributed by atoms with van der Waals surface area (Å²) in [5.41, 5.74) is 3.21. The smallest absolute Gasteiger partial charge is 0.274 e. The first-order chi connectivity index (χ1) is 16.2. The molecule has 33 heavy (non-hydrogen) atoms. The molecule has 4 nitrogen and oxygen atoms in total. The van der Waals surface area contributed by atoms with E-state index in [1.165, 1.54) is 23.5 Å². The number of aromatic nitrogens is 2. The van der Waals surface area contributed by atoms with E-state index in [2.05, 4.69) is 4.98 Å². The highest BCUT2D eigenvalue weighted by atomic mass is 32.1. The zero-order valence-corrected chi connectivity index (χ0v) is 18.2. The van der Waals surface area contributed by atoms with E-state index in [1.807, 2.05) is 66.7 Å². The molecule has 0 aliphatic rings. The molecule has 0 radical (unpaired) electrons. The van der Waals surface area contributed by atoms with Crippen LogP contribution in [0.3, 0.4) is 0 Å². The fraction of sp³-hybridized carbons (Fsp3) is 0.0370. The molecule has 6 rings (SSSR count). The Bertz CT molecular complexity index is 1750. The summed E-state index contributed by atoms with van der Waals surface area (Å²) in [4.78, 5) is 18.6. The van der Waals surface area contributed by atoms with Crippen LogP contribution in [0.2, 0.25) is 0 Å². The molecule has 2 heterocycles. The number of benzene rings is 4. The first kappa shape index (κ1) is 19.6. The molecule has 2 aromatic heterocycles. The number of hydrogen-bond acceptors (Lipinski definition) is 4. The number of rotatable bonds is 4. The van der Waals surface area contributed by atoms with Crippen LogP contribution in [0.5, 0.6) is 5.75 Å². The Morgan fingerprint density at radius 1 is 0.939 bits per heavy atom. The number of ether oxygens (including phenoxy) is 1. The minimum Gasteiger partial charge on any atom is -0.488 e. The van der Waals surface area contributed by atoms with Gasteiger partial charge in [-0.2, -0.15) is 0 Å². The van der Waals surface area contributed by atoms with Gasteiger partial charge in [0.15, 0.2) is 4.96 Å². The van der Waals surface area contributed by atoms with Gasteiger partial charge in [0, 0.05) is 5.56 Å². The van der Waals surface area contributed by atoms with Crippen LogP contribution in [0.25, 0.3) is 32.8 Å². The SMILES string of the molecule is O=c1/c(=C/c2c(OCc3ccc(F)cc3)ccc3ccccc23)sc2nc3ccccc3n12. The van der Waals surface area contributed by atoms with E-state index in [0.29, 0.717) is 21.8 Å². The Hall–Kier alpha value is -4.03. The Morgan fingerprint density at radius 2 is 1.73 bits per heavy atom. The molecule has 0 saturated heterocycles. The molecule has 0 aliphatic carbocycles. The van der Waals surface area contributed by atoms with E-state index < -0.39 is 0 Å². The molecule has 0 amide bonds. The van der Waals surface area contributed by atoms with Gasteiger partial charge in [-0.3, -0.25) is 4.79 Å². The van der Waals surface area contributed by atoms with Gasteiger partial charge in [-0.15, -0.1) is 0 Å². The van der Waals surface area contributed by atoms with Crippen molar-refractivity contribution in [3.8, 4) is 5.75 Å². The number of halogens is 1. The summed E-state index contributed by atoms with van der Waals surface area (Å²) in [6.45, 7) is 0.294. The summed E-state index contributed by atoms with van der Waals surface area (Å²) < 4.78 is 21.6. The normalized spacial score (nSPS) is 12.2. The molecule has 0 fully saturated rings. The topological polar surface area (TPSA) is 43.6 Å². The fourth-order valence-electron chi connectivity index (χ4n) is 4.04. The molecule has 0 saturated carbocycles. The maximum Gasteiger partial charge on any atom is 0.274 e. The van der Waals surface area contributed by atoms with Crippen LogP contribution >= 0.6 is 11.3 Å². The molecule has 0 aliphatic heterocycles. The number of imidazole rings is 1. The summed E-state index contributed by atoms with van der Waals surface area (Å²) in [5.74, 6) is 0.380. The lowest BCUT2D eigenvalue weighted by molar-refractivity contribution is 0.306. The Labute approximate surface area is 191 Å². The molecule has 6 aromatic rings. The van der Waals surface area contributed by atoms with Crippen molar-refractivity contribution in [2.24, 2.45) is 0 Å². The molecule has 0 N–H and O–H groups in total. The molecule has 0 spiro atoms. The van der Waals surface area contributed by atoms with Crippen LogP contribution in [0.1, 0.15) is 11.1 Å². The predicted molar refractivity (Wildman–Crippen MR) is 130 cm³/mol. The first-order valence-corrected chi connectivity index (χ1v) is 11.3. The summed E-state index contributed by atoms with van der Waals surface area (Å²) in [6.07, 6.45) is 1.89. The number of thiazole rings is 1. The summed E-state index contributed by atoms with van der Waals surface area (Å²) in [6, 6.07) is 25.8. The number of hydrogen-bond donors (Lipinski definition) is 0. The van der Waals surface area contributed by atoms with Crippen molar-refractivity contribution in [3.05, 3.63) is 117 Å². The average molecular weight is 453 g/mol. The highest BCUT2D eigenvalue weighted by molar-refractivity contribution is 7.15. The molecule has 0 atom stereocenters. The highest BCUT2D eigenvalue weighted by Crippen LogP contribution is 2.30. The lowest BCUT2D eigenvalue weighted by Crippen LogP contribution is -2.22. The van der Waals surface area contributed by atoms with E-state index in [-0.39, 0.29) is 11.4 Å². The third kappa shape index (κ3) is 3.45. The van der Waals surface area contributed by atoms with Crippen LogP contribution in [-0.4, -0.2) is 9.38 Å². The quantitative estimate of drug-likeness (QED) is 0.363. The second kappa shape index (κ2) is 7.83. The zero-order chi connectivity index (χ0) is 22.4. The van der Waals surface area contributed by atoms with Gasteiger partial charge in [-0.1, -0.05) is 65.9 Å². The van der Waals surface area contributed by atoms with E-state index in [4.69, 9.17) is 4.74 Å². The predicted octanol–water partition coefficient (Wildman–Crippen LogP) is 5.33. The van der Waals surface area contributed by atoms with Gasteiger partial charge >= 0.3 is 0 Å². The van der Waals surface area contributed by atoms with Gasteiger partial charge in [-0.05, 0) is 52.7 Å². The molecular formula is C27H17FN2O2S. The number of nitrogens with zero attached hydrogens (tertiary/aromatic N) is 2. The third-order valence-electron chi connectivity index (χ3n) is 5.66. The maximum absolute atomic E-state index is 13.3. The van der Waals surface area contributed by atoms with Crippen molar-refractivity contribution < 1.29 is 9.13 Å². The fourth-order valence-corrected chi connectivity index (χ4v) is 5.00. The van der Waals surface area contributed by atoms with Crippen molar-refractivity contribution in [1.82, 2.24) is 9.38 Å². The minimum atomic E-state index is -0.281. The van der Waals surface area contributed by atoms with E-state index in [1.54, 1.807) is 16.5 Å². The van der Waals surface area contributed by atoms with E-state index in [9.17, 15) is 9.18 Å². The van der Waals surface area contributed by atoms with E-state index >= 15 is 0 Å². The first-order valence-electron chi connectivity index (χ1n) is 10.5. The van der Waals surface area contributed by atoms with Gasteiger partial charge in [0.25, 0.3) is 5.56 Å². The number of fused-ring (bicyclic) bond motifs is 4. The van der Waals surface area contributed by atoms with Crippen LogP contribution in [0, 0.1) is 5.82 Å². The van der Waals surface area contributed by atoms with Crippen molar-refractivity contribution in [3.63, 3.8) is 0 Å². The largest absolute Gasteiger partial charge is 0.488 e. The second-order valence-corrected chi connectivity index (χ2v) is 8.76. The van der Waals surface area contributed by atoms with Crippen molar-refractivity contribution in [2.75, 3.05) is 0 Å². The monoisotopic (exact) mass is 452 g/mol. The summed E-state index contributed by atoms with van der Waals surface area (Å²) in [7, 11) is 0. The zero-order valence-electron chi connectivity index (χ0n) is 17.4. The van der Waals surface area contributed by atoms with Gasteiger partial charge in [0.2, 0.25) is 0 Å². The molecule has 6 heteroatoms. The van der Waals surface area contributed by atoms with Gasteiger partial charge in [-0.25, -0.2) is 13.8 Å². The molecule has 0 unspecified atom stereocenters. The Morgan fingerprint density at radius 3 is 2.61 bits per heavy atom. The molecular weight excluding hydrogens is 435 g/mol. The Kier molecular flexibility index (Phi) is 4.66. The van der Waals surface area contributed by atoms with E-state index in [0.717, 1.165) is 32.9 Å². The maximum atomic E-state index is 13.3. The van der Waals surface area contributed by atoms with Gasteiger partial charge in [0.05, 0.1) is 15.6 Å². The number of para-hydroxylation sites is 2. The third-order valence-corrected chi connectivity index (χ3v) is 6.63. The highest BCUT2D eigenvalue weighted by Gasteiger charge is 2.13. The lowest BCUT2D eigenvalue weighted by atomic mass is 10.0. The molecule has 0 bridgehead atoms. The van der Waals surface area contributed by atoms with Gasteiger partial charge < -0.3 is 4.74 Å². The Balaban J connectivity index is 1.51. The molecule has 160 valence electrons. The summed E-state index contributed by atoms with van der Waals surface area (Å²) in [5, 5.41) is 2.04. The van der Waals surface area contributed by atoms with Crippen LogP contribution in [0.15, 0.2) is 89.7 Å². The van der Waals surface area contributed by atoms with Crippen LogP contribution in [0.4, 0.5) is 4.39 Å². The van der Waals surface area contributed by atoms with Crippen LogP contribution < -0.4 is 14.8 Å². The minimum absolute atomic E-state index is 0.0962. The second-order valence-electron chi connectivity index (χ2n) is 7.75. The molecule has 4 aromatic carbocycles. The van der Waals surface area contributed by atoms with Crippen molar-refractivity contribution >= 4 is 44.2 Å². The van der Waals surface area contributed by atoms with Crippen molar-refractivity contribution in [1.29, 1.82) is 0 Å². The lowest BCUT2D eigenvalue weighted by Gasteiger charge is -2.12. The van der Waals surface area contributed by atoms with Crippen molar-refractivity contribution in [2.45, 2.75) is 6.61 Å². The average Bonchev–Trinajstić information content (AvgIpc) is 3.35.